The molecule has 1 aliphatic carbocycles. The Balaban J connectivity index is 0.00000552. The van der Waals surface area contributed by atoms with Crippen molar-refractivity contribution in [2.75, 3.05) is 18.4 Å². The van der Waals surface area contributed by atoms with Crippen molar-refractivity contribution in [1.82, 2.24) is 15.3 Å². The van der Waals surface area contributed by atoms with Crippen molar-refractivity contribution in [2.24, 2.45) is 11.3 Å². The summed E-state index contributed by atoms with van der Waals surface area (Å²) in [6.07, 6.45) is 2.15. The van der Waals surface area contributed by atoms with Crippen molar-refractivity contribution in [3.63, 3.8) is 0 Å². The lowest BCUT2D eigenvalue weighted by Gasteiger charge is -2.38. The second kappa shape index (κ2) is 14.6. The van der Waals surface area contributed by atoms with Crippen LogP contribution in [0.5, 0.6) is 5.88 Å². The van der Waals surface area contributed by atoms with E-state index >= 15 is 0 Å². The molecule has 13 heteroatoms. The van der Waals surface area contributed by atoms with E-state index in [2.05, 4.69) is 40.8 Å². The maximum absolute atomic E-state index is 13.3. The van der Waals surface area contributed by atoms with Gasteiger partial charge in [-0.2, -0.15) is 4.98 Å². The maximum Gasteiger partial charge on any atom is 0.335 e. The summed E-state index contributed by atoms with van der Waals surface area (Å²) in [5.41, 5.74) is 2.99. The summed E-state index contributed by atoms with van der Waals surface area (Å²) in [5, 5.41) is 12.9. The van der Waals surface area contributed by atoms with Crippen molar-refractivity contribution in [1.29, 1.82) is 0 Å². The molecule has 0 saturated heterocycles. The van der Waals surface area contributed by atoms with E-state index in [1.807, 2.05) is 32.0 Å². The van der Waals surface area contributed by atoms with Crippen LogP contribution in [0.1, 0.15) is 61.5 Å². The van der Waals surface area contributed by atoms with E-state index in [0.717, 1.165) is 29.2 Å². The lowest BCUT2D eigenvalue weighted by Crippen LogP contribution is -2.51. The van der Waals surface area contributed by atoms with Crippen molar-refractivity contribution in [3.05, 3.63) is 65.2 Å². The summed E-state index contributed by atoms with van der Waals surface area (Å²) in [6, 6.07) is 12.6. The van der Waals surface area contributed by atoms with Gasteiger partial charge in [0.25, 0.3) is 10.0 Å². The first-order valence-electron chi connectivity index (χ1n) is 14.4. The first-order valence-corrected chi connectivity index (χ1v) is 15.9. The molecule has 4 rings (SSSR count). The van der Waals surface area contributed by atoms with Gasteiger partial charge in [-0.1, -0.05) is 45.0 Å². The number of aryl methyl sites for hydroxylation is 2. The molecule has 11 nitrogen and oxygen atoms in total. The number of nitrogens with zero attached hydrogens (tertiary/aromatic N) is 2. The number of hydrogen-bond donors (Lipinski definition) is 3. The van der Waals surface area contributed by atoms with E-state index in [-0.39, 0.29) is 70.7 Å². The number of carboxylic acid groups (broad SMARTS) is 1. The minimum atomic E-state index is -4.23. The molecule has 45 heavy (non-hydrogen) atoms. The van der Waals surface area contributed by atoms with E-state index in [9.17, 15) is 23.1 Å². The van der Waals surface area contributed by atoms with Gasteiger partial charge in [-0.15, -0.1) is 12.4 Å². The van der Waals surface area contributed by atoms with Crippen LogP contribution in [0, 0.1) is 25.2 Å². The predicted octanol–water partition coefficient (Wildman–Crippen LogP) is 5.41. The SMILES string of the molecule is COC(=O)C1CC(N[C@@H](COc2cc(-c3c(C)cccc3C)nc(NS(=O)(=O)c3cccc(C(=O)O)c3)n2)CC(C)(C)C)C1.Cl. The molecule has 1 fully saturated rings. The van der Waals surface area contributed by atoms with Gasteiger partial charge in [0.2, 0.25) is 11.8 Å². The van der Waals surface area contributed by atoms with Crippen LogP contribution in [0.3, 0.4) is 0 Å². The Hall–Kier alpha value is -3.74. The number of esters is 1. The Labute approximate surface area is 270 Å². The van der Waals surface area contributed by atoms with Gasteiger partial charge in [-0.05, 0) is 67.9 Å². The molecule has 3 N–H and O–H groups in total. The minimum Gasteiger partial charge on any atom is -0.478 e. The summed E-state index contributed by atoms with van der Waals surface area (Å²) in [4.78, 5) is 32.0. The number of benzene rings is 2. The molecule has 1 aromatic heterocycles. The second-order valence-corrected chi connectivity index (χ2v) is 14.1. The molecule has 0 aliphatic heterocycles. The molecule has 1 saturated carbocycles. The third-order valence-electron chi connectivity index (χ3n) is 7.49. The van der Waals surface area contributed by atoms with Gasteiger partial charge in [-0.3, -0.25) is 4.79 Å². The van der Waals surface area contributed by atoms with E-state index in [1.165, 1.54) is 25.3 Å². The van der Waals surface area contributed by atoms with Gasteiger partial charge in [0.05, 0.1) is 29.2 Å². The lowest BCUT2D eigenvalue weighted by molar-refractivity contribution is -0.149. The number of hydrogen-bond acceptors (Lipinski definition) is 9. The summed E-state index contributed by atoms with van der Waals surface area (Å²) < 4.78 is 40.0. The zero-order valence-electron chi connectivity index (χ0n) is 26.3. The van der Waals surface area contributed by atoms with E-state index < -0.39 is 16.0 Å². The minimum absolute atomic E-state index is 0. The number of aromatic carboxylic acids is 1. The van der Waals surface area contributed by atoms with Gasteiger partial charge < -0.3 is 19.9 Å². The number of nitrogens with one attached hydrogen (secondary N) is 2. The number of methoxy groups -OCH3 is 1. The van der Waals surface area contributed by atoms with Gasteiger partial charge in [0.1, 0.15) is 6.61 Å². The van der Waals surface area contributed by atoms with E-state index in [1.54, 1.807) is 6.07 Å². The van der Waals surface area contributed by atoms with Crippen molar-refractivity contribution >= 4 is 40.3 Å². The number of anilines is 1. The first-order chi connectivity index (χ1) is 20.6. The van der Waals surface area contributed by atoms with Gasteiger partial charge in [0.15, 0.2) is 0 Å². The van der Waals surface area contributed by atoms with Crippen LogP contribution in [-0.4, -0.2) is 61.2 Å². The molecule has 3 aromatic rings. The largest absolute Gasteiger partial charge is 0.478 e. The molecule has 2 aromatic carbocycles. The highest BCUT2D eigenvalue weighted by atomic mass is 35.5. The molecule has 0 amide bonds. The fraction of sp³-hybridized carbons (Fsp3) is 0.438. The lowest BCUT2D eigenvalue weighted by atomic mass is 9.79. The number of aromatic nitrogens is 2. The van der Waals surface area contributed by atoms with Gasteiger partial charge >= 0.3 is 11.9 Å². The molecule has 0 bridgehead atoms. The van der Waals surface area contributed by atoms with Crippen LogP contribution in [0.2, 0.25) is 0 Å². The Bertz CT molecular complexity index is 1620. The fourth-order valence-electron chi connectivity index (χ4n) is 5.40. The highest BCUT2D eigenvalue weighted by molar-refractivity contribution is 7.92. The zero-order valence-corrected chi connectivity index (χ0v) is 27.9. The Morgan fingerprint density at radius 3 is 2.29 bits per heavy atom. The van der Waals surface area contributed by atoms with Crippen LogP contribution in [0.25, 0.3) is 11.3 Å². The summed E-state index contributed by atoms with van der Waals surface area (Å²) >= 11 is 0. The smallest absolute Gasteiger partial charge is 0.335 e. The highest BCUT2D eigenvalue weighted by Gasteiger charge is 2.37. The normalized spacial score (nSPS) is 16.9. The molecule has 244 valence electrons. The maximum atomic E-state index is 13.3. The monoisotopic (exact) mass is 660 g/mol. The van der Waals surface area contributed by atoms with Crippen molar-refractivity contribution in [2.45, 2.75) is 70.9 Å². The summed E-state index contributed by atoms with van der Waals surface area (Å²) in [5.74, 6) is -1.58. The molecule has 0 radical (unpaired) electrons. The molecular formula is C32H41ClN4O7S. The number of halogens is 1. The van der Waals surface area contributed by atoms with Crippen molar-refractivity contribution < 1.29 is 32.6 Å². The molecule has 1 heterocycles. The summed E-state index contributed by atoms with van der Waals surface area (Å²) in [7, 11) is -2.83. The molecule has 0 unspecified atom stereocenters. The number of carboxylic acids is 1. The highest BCUT2D eigenvalue weighted by Crippen LogP contribution is 2.32. The Morgan fingerprint density at radius 2 is 1.69 bits per heavy atom. The molecule has 1 aliphatic rings. The number of rotatable bonds is 12. The Kier molecular flexibility index (Phi) is 11.6. The third-order valence-corrected chi connectivity index (χ3v) is 8.82. The number of sulfonamides is 1. The predicted molar refractivity (Wildman–Crippen MR) is 173 cm³/mol. The van der Waals surface area contributed by atoms with Gasteiger partial charge in [-0.25, -0.2) is 22.9 Å². The number of ether oxygens (including phenoxy) is 2. The molecule has 0 spiro atoms. The van der Waals surface area contributed by atoms with Crippen LogP contribution < -0.4 is 14.8 Å². The second-order valence-electron chi connectivity index (χ2n) is 12.4. The average Bonchev–Trinajstić information content (AvgIpc) is 2.92. The Morgan fingerprint density at radius 1 is 1.04 bits per heavy atom. The third kappa shape index (κ3) is 9.38. The number of carbonyl (C=O) groups excluding carboxylic acids is 1. The average molecular weight is 661 g/mol. The van der Waals surface area contributed by atoms with Crippen LogP contribution in [-0.2, 0) is 19.6 Å². The molecule has 1 atom stereocenters. The van der Waals surface area contributed by atoms with Crippen LogP contribution >= 0.6 is 12.4 Å². The van der Waals surface area contributed by atoms with E-state index in [4.69, 9.17) is 9.47 Å². The quantitative estimate of drug-likeness (QED) is 0.215. The summed E-state index contributed by atoms with van der Waals surface area (Å²) in [6.45, 7) is 10.5. The fourth-order valence-corrected chi connectivity index (χ4v) is 6.39. The van der Waals surface area contributed by atoms with E-state index in [0.29, 0.717) is 18.5 Å². The number of carbonyl (C=O) groups is 2. The first kappa shape index (κ1) is 35.7. The van der Waals surface area contributed by atoms with Gasteiger partial charge in [0, 0.05) is 23.7 Å². The topological polar surface area (TPSA) is 157 Å². The van der Waals surface area contributed by atoms with Crippen LogP contribution in [0.4, 0.5) is 5.95 Å². The standard InChI is InChI=1S/C32H40N4O7S.ClH/c1-19-9-7-10-20(2)28(19)26-16-27(35-31(34-26)36-44(40,41)25-12-8-11-21(15-25)29(37)38)43-18-24(17-32(3,4)5)33-23-13-22(14-23)30(39)42-6;/h7-12,15-16,22-24,33H,13-14,17-18H2,1-6H3,(H,37,38)(H,34,35,36);1H/t22?,23?,24-;/m1./s1. The van der Waals surface area contributed by atoms with Crippen LogP contribution in [0.15, 0.2) is 53.4 Å². The van der Waals surface area contributed by atoms with Crippen molar-refractivity contribution in [3.8, 4) is 17.1 Å². The zero-order chi connectivity index (χ0) is 32.2. The molecular weight excluding hydrogens is 620 g/mol.